The third-order valence-corrected chi connectivity index (χ3v) is 3.58. The zero-order valence-electron chi connectivity index (χ0n) is 12.9. The highest BCUT2D eigenvalue weighted by atomic mass is 32.3. The van der Waals surface area contributed by atoms with Crippen LogP contribution in [-0.4, -0.2) is 32.1 Å². The molecule has 2 aromatic carbocycles. The van der Waals surface area contributed by atoms with Crippen LogP contribution in [0.3, 0.4) is 0 Å². The van der Waals surface area contributed by atoms with Gasteiger partial charge in [-0.15, -0.1) is 5.11 Å². The quantitative estimate of drug-likeness (QED) is 0.345. The fourth-order valence-electron chi connectivity index (χ4n) is 1.48. The highest BCUT2D eigenvalue weighted by molar-refractivity contribution is 7.95. The van der Waals surface area contributed by atoms with E-state index in [9.17, 15) is 8.42 Å². The highest BCUT2D eigenvalue weighted by Gasteiger charge is 2.07. The summed E-state index contributed by atoms with van der Waals surface area (Å²) in [6, 6.07) is 13.1. The fourth-order valence-corrected chi connectivity index (χ4v) is 2.38. The van der Waals surface area contributed by atoms with Crippen LogP contribution >= 0.6 is 12.0 Å². The van der Waals surface area contributed by atoms with E-state index < -0.39 is 10.4 Å². The molecule has 0 aliphatic carbocycles. The first-order chi connectivity index (χ1) is 11.3. The molecule has 128 valence electrons. The zero-order chi connectivity index (χ0) is 17.6. The molecule has 0 unspecified atom stereocenters. The van der Waals surface area contributed by atoms with Gasteiger partial charge in [-0.3, -0.25) is 9.56 Å². The Kier molecular flexibility index (Phi) is 6.01. The van der Waals surface area contributed by atoms with Crippen molar-refractivity contribution in [2.75, 3.05) is 14.1 Å². The first-order valence-corrected chi connectivity index (χ1v) is 8.73. The molecule has 2 aromatic rings. The van der Waals surface area contributed by atoms with E-state index in [1.165, 1.54) is 24.3 Å². The van der Waals surface area contributed by atoms with Crippen LogP contribution < -0.4 is 8.37 Å². The highest BCUT2D eigenvalue weighted by Crippen LogP contribution is 2.27. The standard InChI is InChI=1S/C14H15N3O5S2/c1-17(2)16-15-11-3-9-14(10-4-11)23-21-12-5-7-13(8-6-12)22-24(18,19)20/h3-10H,1-2H3,(H,18,19,20). The molecule has 0 aliphatic rings. The summed E-state index contributed by atoms with van der Waals surface area (Å²) in [5, 5.41) is 9.52. The Morgan fingerprint density at radius 3 is 2.12 bits per heavy atom. The maximum Gasteiger partial charge on any atom is 0.446 e. The number of benzene rings is 2. The first kappa shape index (κ1) is 18.0. The van der Waals surface area contributed by atoms with E-state index in [-0.39, 0.29) is 5.75 Å². The van der Waals surface area contributed by atoms with Crippen molar-refractivity contribution < 1.29 is 21.3 Å². The maximum absolute atomic E-state index is 10.6. The predicted molar refractivity (Wildman–Crippen MR) is 89.7 cm³/mol. The lowest BCUT2D eigenvalue weighted by Crippen LogP contribution is -2.06. The second-order valence-corrected chi connectivity index (χ2v) is 6.51. The lowest BCUT2D eigenvalue weighted by atomic mass is 10.3. The fraction of sp³-hybridized carbons (Fsp3) is 0.143. The molecular weight excluding hydrogens is 354 g/mol. The molecule has 0 heterocycles. The second kappa shape index (κ2) is 7.99. The predicted octanol–water partition coefficient (Wildman–Crippen LogP) is 3.51. The van der Waals surface area contributed by atoms with E-state index in [0.717, 1.165) is 22.6 Å². The molecule has 0 radical (unpaired) electrons. The molecule has 0 bridgehead atoms. The summed E-state index contributed by atoms with van der Waals surface area (Å²) in [6.45, 7) is 0. The number of hydrogen-bond donors (Lipinski definition) is 1. The Morgan fingerprint density at radius 1 is 1.00 bits per heavy atom. The van der Waals surface area contributed by atoms with Crippen LogP contribution in [0.15, 0.2) is 63.8 Å². The summed E-state index contributed by atoms with van der Waals surface area (Å²) in [6.07, 6.45) is 0. The third-order valence-electron chi connectivity index (χ3n) is 2.44. The average Bonchev–Trinajstić information content (AvgIpc) is 2.52. The van der Waals surface area contributed by atoms with Crippen molar-refractivity contribution in [3.8, 4) is 11.5 Å². The van der Waals surface area contributed by atoms with Gasteiger partial charge in [-0.05, 0) is 48.5 Å². The minimum atomic E-state index is -4.53. The molecule has 8 nitrogen and oxygen atoms in total. The van der Waals surface area contributed by atoms with Crippen LogP contribution in [0, 0.1) is 0 Å². The molecule has 0 saturated carbocycles. The molecular formula is C14H15N3O5S2. The summed E-state index contributed by atoms with van der Waals surface area (Å²) in [5.74, 6) is 0.490. The Bertz CT molecular complexity index is 790. The van der Waals surface area contributed by atoms with Crippen molar-refractivity contribution in [1.82, 2.24) is 5.01 Å². The smallest absolute Gasteiger partial charge is 0.421 e. The van der Waals surface area contributed by atoms with Gasteiger partial charge in [0.1, 0.15) is 11.5 Å². The Balaban J connectivity index is 1.91. The lowest BCUT2D eigenvalue weighted by Gasteiger charge is -2.06. The van der Waals surface area contributed by atoms with Crippen LogP contribution in [0.25, 0.3) is 0 Å². The van der Waals surface area contributed by atoms with Crippen molar-refractivity contribution >= 4 is 28.1 Å². The Morgan fingerprint density at radius 2 is 1.58 bits per heavy atom. The molecule has 0 saturated heterocycles. The summed E-state index contributed by atoms with van der Waals surface area (Å²) >= 11 is 1.13. The van der Waals surface area contributed by atoms with Crippen molar-refractivity contribution in [3.05, 3.63) is 48.5 Å². The number of rotatable bonds is 7. The van der Waals surface area contributed by atoms with Gasteiger partial charge in [0.25, 0.3) is 0 Å². The summed E-state index contributed by atoms with van der Waals surface area (Å²) in [4.78, 5) is 0.858. The van der Waals surface area contributed by atoms with Gasteiger partial charge in [0, 0.05) is 19.0 Å². The van der Waals surface area contributed by atoms with Crippen LogP contribution in [0.5, 0.6) is 11.5 Å². The molecule has 0 fully saturated rings. The molecule has 10 heteroatoms. The van der Waals surface area contributed by atoms with Crippen LogP contribution in [0.2, 0.25) is 0 Å². The van der Waals surface area contributed by atoms with E-state index in [1.54, 1.807) is 19.1 Å². The van der Waals surface area contributed by atoms with Crippen molar-refractivity contribution in [2.45, 2.75) is 4.90 Å². The Labute approximate surface area is 144 Å². The van der Waals surface area contributed by atoms with Gasteiger partial charge in [0.15, 0.2) is 0 Å². The molecule has 0 amide bonds. The first-order valence-electron chi connectivity index (χ1n) is 6.62. The van der Waals surface area contributed by atoms with E-state index in [2.05, 4.69) is 14.5 Å². The lowest BCUT2D eigenvalue weighted by molar-refractivity contribution is 0.386. The van der Waals surface area contributed by atoms with Crippen molar-refractivity contribution in [1.29, 1.82) is 0 Å². The Hall–Kier alpha value is -2.30. The van der Waals surface area contributed by atoms with Gasteiger partial charge < -0.3 is 8.37 Å². The average molecular weight is 369 g/mol. The van der Waals surface area contributed by atoms with Gasteiger partial charge in [-0.2, -0.15) is 8.42 Å². The zero-order valence-corrected chi connectivity index (χ0v) is 14.5. The van der Waals surface area contributed by atoms with E-state index >= 15 is 0 Å². The summed E-state index contributed by atoms with van der Waals surface area (Å²) < 4.78 is 39.6. The second-order valence-electron chi connectivity index (χ2n) is 4.68. The van der Waals surface area contributed by atoms with E-state index in [4.69, 9.17) is 8.74 Å². The van der Waals surface area contributed by atoms with Gasteiger partial charge >= 0.3 is 10.4 Å². The summed E-state index contributed by atoms with van der Waals surface area (Å²) in [5.41, 5.74) is 0.722. The molecule has 2 rings (SSSR count). The summed E-state index contributed by atoms with van der Waals surface area (Å²) in [7, 11) is -0.954. The minimum absolute atomic E-state index is 0.00884. The number of nitrogens with zero attached hydrogens (tertiary/aromatic N) is 3. The third kappa shape index (κ3) is 6.44. The normalized spacial score (nSPS) is 11.5. The molecule has 0 spiro atoms. The molecule has 0 aromatic heterocycles. The number of hydrogen-bond acceptors (Lipinski definition) is 7. The van der Waals surface area contributed by atoms with Gasteiger partial charge in [-0.1, -0.05) is 5.22 Å². The molecule has 1 N–H and O–H groups in total. The minimum Gasteiger partial charge on any atom is -0.421 e. The van der Waals surface area contributed by atoms with Gasteiger partial charge in [-0.25, -0.2) is 0 Å². The van der Waals surface area contributed by atoms with Crippen molar-refractivity contribution in [3.63, 3.8) is 0 Å². The van der Waals surface area contributed by atoms with Gasteiger partial charge in [0.05, 0.1) is 17.7 Å². The SMILES string of the molecule is CN(C)N=Nc1ccc(SOc2ccc(OS(=O)(=O)O)cc2)cc1. The van der Waals surface area contributed by atoms with Crippen LogP contribution in [0.4, 0.5) is 5.69 Å². The monoisotopic (exact) mass is 369 g/mol. The topological polar surface area (TPSA) is 101 Å². The van der Waals surface area contributed by atoms with Crippen LogP contribution in [0.1, 0.15) is 0 Å². The molecule has 0 aliphatic heterocycles. The van der Waals surface area contributed by atoms with E-state index in [0.29, 0.717) is 5.75 Å². The van der Waals surface area contributed by atoms with Crippen LogP contribution in [-0.2, 0) is 10.4 Å². The van der Waals surface area contributed by atoms with E-state index in [1.807, 2.05) is 24.3 Å². The molecule has 24 heavy (non-hydrogen) atoms. The van der Waals surface area contributed by atoms with Gasteiger partial charge in [0.2, 0.25) is 0 Å². The largest absolute Gasteiger partial charge is 0.446 e. The van der Waals surface area contributed by atoms with Crippen molar-refractivity contribution in [2.24, 2.45) is 10.3 Å². The molecule has 0 atom stereocenters. The maximum atomic E-state index is 10.6.